The summed E-state index contributed by atoms with van der Waals surface area (Å²) < 4.78 is 0. The van der Waals surface area contributed by atoms with Crippen LogP contribution in [-0.4, -0.2) is 27.3 Å². The fourth-order valence-electron chi connectivity index (χ4n) is 3.77. The summed E-state index contributed by atoms with van der Waals surface area (Å²) >= 11 is 0. The Kier molecular flexibility index (Phi) is 5.73. The van der Waals surface area contributed by atoms with Crippen molar-refractivity contribution in [2.75, 3.05) is 11.9 Å². The van der Waals surface area contributed by atoms with Crippen LogP contribution in [0.3, 0.4) is 0 Å². The van der Waals surface area contributed by atoms with Crippen LogP contribution in [0.1, 0.15) is 46.9 Å². The zero-order chi connectivity index (χ0) is 19.2. The smallest absolute Gasteiger partial charge is 0.255 e. The molecule has 0 radical (unpaired) electrons. The van der Waals surface area contributed by atoms with Crippen LogP contribution in [0, 0.1) is 0 Å². The first-order chi connectivity index (χ1) is 13.8. The maximum atomic E-state index is 12.6. The molecule has 1 aromatic carbocycles. The van der Waals surface area contributed by atoms with E-state index in [1.807, 2.05) is 36.5 Å². The lowest BCUT2D eigenvalue weighted by Crippen LogP contribution is -2.33. The van der Waals surface area contributed by atoms with Crippen LogP contribution in [0.2, 0.25) is 0 Å². The number of amides is 1. The summed E-state index contributed by atoms with van der Waals surface area (Å²) in [6, 6.07) is 18.0. The molecule has 2 aromatic heterocycles. The van der Waals surface area contributed by atoms with E-state index < -0.39 is 0 Å². The van der Waals surface area contributed by atoms with Crippen molar-refractivity contribution in [2.45, 2.75) is 31.8 Å². The fraction of sp³-hybridized carbons (Fsp3) is 0.261. The summed E-state index contributed by atoms with van der Waals surface area (Å²) in [7, 11) is 0. The normalized spacial score (nSPS) is 17.2. The predicted octanol–water partition coefficient (Wildman–Crippen LogP) is 4.46. The molecule has 1 saturated heterocycles. The Morgan fingerprint density at radius 1 is 1.07 bits per heavy atom. The maximum Gasteiger partial charge on any atom is 0.255 e. The lowest BCUT2D eigenvalue weighted by molar-refractivity contribution is 0.102. The monoisotopic (exact) mass is 372 g/mol. The molecule has 0 unspecified atom stereocenters. The van der Waals surface area contributed by atoms with Gasteiger partial charge in [-0.1, -0.05) is 24.6 Å². The molecular weight excluding hydrogens is 348 g/mol. The Labute approximate surface area is 165 Å². The molecule has 142 valence electrons. The SMILES string of the molecule is O=C(Nc1cccnc1)c1cccc(CN2CCCC[C@@H]2c2ccccn2)c1. The first kappa shape index (κ1) is 18.3. The summed E-state index contributed by atoms with van der Waals surface area (Å²) in [5.74, 6) is -0.116. The van der Waals surface area contributed by atoms with Crippen molar-refractivity contribution < 1.29 is 4.79 Å². The van der Waals surface area contributed by atoms with E-state index in [1.165, 1.54) is 12.8 Å². The van der Waals surface area contributed by atoms with Gasteiger partial charge in [0.1, 0.15) is 0 Å². The van der Waals surface area contributed by atoms with E-state index in [0.717, 1.165) is 30.8 Å². The molecule has 5 heteroatoms. The van der Waals surface area contributed by atoms with E-state index in [2.05, 4.69) is 38.4 Å². The van der Waals surface area contributed by atoms with Gasteiger partial charge >= 0.3 is 0 Å². The molecule has 28 heavy (non-hydrogen) atoms. The molecule has 4 rings (SSSR count). The van der Waals surface area contributed by atoms with Gasteiger partial charge in [0.25, 0.3) is 5.91 Å². The van der Waals surface area contributed by atoms with Gasteiger partial charge in [0.2, 0.25) is 0 Å². The second-order valence-corrected chi connectivity index (χ2v) is 7.13. The largest absolute Gasteiger partial charge is 0.321 e. The zero-order valence-electron chi connectivity index (χ0n) is 15.8. The molecule has 0 saturated carbocycles. The van der Waals surface area contributed by atoms with Crippen LogP contribution < -0.4 is 5.32 Å². The Bertz CT molecular complexity index is 914. The van der Waals surface area contributed by atoms with Crippen molar-refractivity contribution in [3.05, 3.63) is 90.0 Å². The van der Waals surface area contributed by atoms with Gasteiger partial charge in [-0.05, 0) is 61.3 Å². The molecule has 0 spiro atoms. The number of carbonyl (C=O) groups excluding carboxylic acids is 1. The Hall–Kier alpha value is -3.05. The second-order valence-electron chi connectivity index (χ2n) is 7.13. The predicted molar refractivity (Wildman–Crippen MR) is 110 cm³/mol. The zero-order valence-corrected chi connectivity index (χ0v) is 15.8. The number of likely N-dealkylation sites (tertiary alicyclic amines) is 1. The molecule has 1 atom stereocenters. The van der Waals surface area contributed by atoms with Crippen molar-refractivity contribution in [2.24, 2.45) is 0 Å². The van der Waals surface area contributed by atoms with Crippen LogP contribution in [0.25, 0.3) is 0 Å². The van der Waals surface area contributed by atoms with Crippen LogP contribution in [0.15, 0.2) is 73.2 Å². The standard InChI is InChI=1S/C23H24N4O/c28-23(26-20-9-6-12-24-16-20)19-8-5-7-18(15-19)17-27-14-4-2-11-22(27)21-10-1-3-13-25-21/h1,3,5-10,12-13,15-16,22H,2,4,11,14,17H2,(H,26,28)/t22-/m1/s1. The molecule has 5 nitrogen and oxygen atoms in total. The Morgan fingerprint density at radius 3 is 2.86 bits per heavy atom. The molecule has 1 aliphatic heterocycles. The topological polar surface area (TPSA) is 58.1 Å². The van der Waals surface area contributed by atoms with Gasteiger partial charge in [-0.15, -0.1) is 0 Å². The van der Waals surface area contributed by atoms with E-state index in [4.69, 9.17) is 0 Å². The van der Waals surface area contributed by atoms with Crippen molar-refractivity contribution >= 4 is 11.6 Å². The average molecular weight is 372 g/mol. The van der Waals surface area contributed by atoms with Crippen molar-refractivity contribution in [3.63, 3.8) is 0 Å². The van der Waals surface area contributed by atoms with Crippen LogP contribution in [0.5, 0.6) is 0 Å². The quantitative estimate of drug-likeness (QED) is 0.719. The minimum absolute atomic E-state index is 0.116. The van der Waals surface area contributed by atoms with Gasteiger partial charge < -0.3 is 5.32 Å². The van der Waals surface area contributed by atoms with E-state index in [9.17, 15) is 4.79 Å². The summed E-state index contributed by atoms with van der Waals surface area (Å²) in [5, 5.41) is 2.90. The lowest BCUT2D eigenvalue weighted by atomic mass is 9.97. The number of benzene rings is 1. The third-order valence-electron chi connectivity index (χ3n) is 5.14. The molecule has 1 aliphatic rings. The van der Waals surface area contributed by atoms with Gasteiger partial charge in [0, 0.05) is 24.5 Å². The van der Waals surface area contributed by atoms with E-state index in [-0.39, 0.29) is 5.91 Å². The third-order valence-corrected chi connectivity index (χ3v) is 5.14. The number of hydrogen-bond acceptors (Lipinski definition) is 4. The highest BCUT2D eigenvalue weighted by molar-refractivity contribution is 6.04. The number of rotatable bonds is 5. The third kappa shape index (κ3) is 4.43. The number of aromatic nitrogens is 2. The highest BCUT2D eigenvalue weighted by Gasteiger charge is 2.25. The van der Waals surface area contributed by atoms with Gasteiger partial charge in [0.15, 0.2) is 0 Å². The van der Waals surface area contributed by atoms with Crippen LogP contribution in [-0.2, 0) is 6.54 Å². The lowest BCUT2D eigenvalue weighted by Gasteiger charge is -2.35. The summed E-state index contributed by atoms with van der Waals surface area (Å²) in [6.45, 7) is 1.86. The molecule has 0 bridgehead atoms. The summed E-state index contributed by atoms with van der Waals surface area (Å²) in [5.41, 5.74) is 3.63. The van der Waals surface area contributed by atoms with Crippen molar-refractivity contribution in [3.8, 4) is 0 Å². The molecule has 3 heterocycles. The molecular formula is C23H24N4O. The Morgan fingerprint density at radius 2 is 2.04 bits per heavy atom. The molecule has 1 fully saturated rings. The van der Waals surface area contributed by atoms with E-state index in [1.54, 1.807) is 18.5 Å². The van der Waals surface area contributed by atoms with Gasteiger partial charge in [-0.2, -0.15) is 0 Å². The fourth-order valence-corrected chi connectivity index (χ4v) is 3.77. The highest BCUT2D eigenvalue weighted by Crippen LogP contribution is 2.31. The van der Waals surface area contributed by atoms with E-state index >= 15 is 0 Å². The summed E-state index contributed by atoms with van der Waals surface area (Å²) in [4.78, 5) is 23.7. The number of nitrogens with zero attached hydrogens (tertiary/aromatic N) is 3. The van der Waals surface area contributed by atoms with Crippen molar-refractivity contribution in [1.29, 1.82) is 0 Å². The number of carbonyl (C=O) groups is 1. The minimum atomic E-state index is -0.116. The number of piperidine rings is 1. The maximum absolute atomic E-state index is 12.6. The minimum Gasteiger partial charge on any atom is -0.321 e. The average Bonchev–Trinajstić information content (AvgIpc) is 2.76. The first-order valence-corrected chi connectivity index (χ1v) is 9.75. The number of nitrogens with one attached hydrogen (secondary N) is 1. The van der Waals surface area contributed by atoms with Crippen LogP contribution in [0.4, 0.5) is 5.69 Å². The second kappa shape index (κ2) is 8.76. The molecule has 1 N–H and O–H groups in total. The summed E-state index contributed by atoms with van der Waals surface area (Å²) in [6.07, 6.45) is 8.75. The van der Waals surface area contributed by atoms with Crippen LogP contribution >= 0.6 is 0 Å². The van der Waals surface area contributed by atoms with Gasteiger partial charge in [0.05, 0.1) is 23.6 Å². The highest BCUT2D eigenvalue weighted by atomic mass is 16.1. The van der Waals surface area contributed by atoms with E-state index in [0.29, 0.717) is 17.3 Å². The van der Waals surface area contributed by atoms with Crippen molar-refractivity contribution in [1.82, 2.24) is 14.9 Å². The molecule has 1 amide bonds. The number of pyridine rings is 2. The number of hydrogen-bond donors (Lipinski definition) is 1. The molecule has 0 aliphatic carbocycles. The van der Waals surface area contributed by atoms with Gasteiger partial charge in [-0.25, -0.2) is 0 Å². The molecule has 3 aromatic rings. The van der Waals surface area contributed by atoms with Gasteiger partial charge in [-0.3, -0.25) is 19.7 Å². The number of anilines is 1. The Balaban J connectivity index is 1.48. The first-order valence-electron chi connectivity index (χ1n) is 9.75.